The number of carbonyl (C=O) groups is 1. The molecule has 1 aromatic heterocycles. The molecule has 2 aromatic rings. The summed E-state index contributed by atoms with van der Waals surface area (Å²) in [5.41, 5.74) is 7.68. The number of hydrogen-bond acceptors (Lipinski definition) is 3. The fourth-order valence-corrected chi connectivity index (χ4v) is 4.28. The molecule has 7 heteroatoms. The zero-order valence-electron chi connectivity index (χ0n) is 12.4. The third-order valence-corrected chi connectivity index (χ3v) is 6.54. The number of aromatic amines is 1. The monoisotopic (exact) mass is 396 g/mol. The van der Waals surface area contributed by atoms with Crippen LogP contribution < -0.4 is 5.73 Å². The van der Waals surface area contributed by atoms with E-state index in [0.717, 1.165) is 22.9 Å². The standard InChI is InChI=1S/C10H12N2O.C6H6GeO2.ClH/c11-4-3-7-6-12-10-2-1-8(13)5-9(7)10;8-6(9)7-4-2-1-3-5-7;/h1-2,5-6,12-13H,3-4,11H2;1-5H,(H,8,9);1H. The number of halogens is 1. The maximum atomic E-state index is 10.3. The number of nitrogens with one attached hydrogen (secondary N) is 1. The van der Waals surface area contributed by atoms with Gasteiger partial charge in [-0.2, -0.15) is 0 Å². The van der Waals surface area contributed by atoms with E-state index in [1.54, 1.807) is 12.1 Å². The molecule has 0 amide bonds. The summed E-state index contributed by atoms with van der Waals surface area (Å²) in [5, 5.41) is 18.9. The van der Waals surface area contributed by atoms with Crippen LogP contribution >= 0.6 is 12.4 Å². The molecule has 0 radical (unpaired) electrons. The average molecular weight is 395 g/mol. The number of aromatic hydroxyl groups is 1. The molecule has 1 aromatic carbocycles. The van der Waals surface area contributed by atoms with Crippen LogP contribution in [0.2, 0.25) is 0 Å². The van der Waals surface area contributed by atoms with Gasteiger partial charge in [0.2, 0.25) is 0 Å². The fraction of sp³-hybridized carbons (Fsp3) is 0.125. The third kappa shape index (κ3) is 5.39. The number of aromatic nitrogens is 1. The minimum atomic E-state index is -1.93. The second kappa shape index (κ2) is 9.34. The molecule has 122 valence electrons. The van der Waals surface area contributed by atoms with Gasteiger partial charge in [0, 0.05) is 17.1 Å². The van der Waals surface area contributed by atoms with Crippen LogP contribution in [0, 0.1) is 0 Å². The van der Waals surface area contributed by atoms with Crippen molar-refractivity contribution < 1.29 is 15.0 Å². The van der Waals surface area contributed by atoms with Crippen molar-refractivity contribution in [3.8, 4) is 5.75 Å². The number of allylic oxidation sites excluding steroid dienone is 3. The Morgan fingerprint density at radius 2 is 2.04 bits per heavy atom. The first kappa shape index (κ1) is 19.2. The summed E-state index contributed by atoms with van der Waals surface area (Å²) >= 11 is -1.93. The number of phenolic OH excluding ortho intramolecular Hbond substituents is 1. The summed E-state index contributed by atoms with van der Waals surface area (Å²) in [6, 6.07) is 5.30. The van der Waals surface area contributed by atoms with Gasteiger partial charge in [-0.15, -0.1) is 12.4 Å². The minimum absolute atomic E-state index is 0. The molecule has 0 atom stereocenters. The first-order valence-corrected chi connectivity index (χ1v) is 10.4. The molecule has 0 saturated carbocycles. The van der Waals surface area contributed by atoms with Gasteiger partial charge in [0.1, 0.15) is 5.75 Å². The molecule has 3 rings (SSSR count). The van der Waals surface area contributed by atoms with E-state index in [0.29, 0.717) is 12.3 Å². The zero-order valence-corrected chi connectivity index (χ0v) is 15.3. The number of hydrogen-bond donors (Lipinski definition) is 4. The first-order valence-electron chi connectivity index (χ1n) is 6.89. The van der Waals surface area contributed by atoms with E-state index in [4.69, 9.17) is 10.8 Å². The molecule has 1 aliphatic heterocycles. The second-order valence-electron chi connectivity index (χ2n) is 4.75. The molecule has 0 spiro atoms. The Labute approximate surface area is 144 Å². The summed E-state index contributed by atoms with van der Waals surface area (Å²) < 4.78 is 0. The van der Waals surface area contributed by atoms with Crippen molar-refractivity contribution in [2.24, 2.45) is 5.73 Å². The van der Waals surface area contributed by atoms with Gasteiger partial charge in [-0.05, 0) is 36.7 Å². The van der Waals surface area contributed by atoms with Crippen molar-refractivity contribution in [2.75, 3.05) is 6.54 Å². The fourth-order valence-electron chi connectivity index (χ4n) is 2.11. The van der Waals surface area contributed by atoms with Gasteiger partial charge in [0.05, 0.1) is 0 Å². The number of fused-ring (bicyclic) bond motifs is 1. The molecule has 0 bridgehead atoms. The van der Waals surface area contributed by atoms with Crippen LogP contribution in [0.15, 0.2) is 47.5 Å². The molecule has 0 aliphatic carbocycles. The molecule has 5 N–H and O–H groups in total. The molecule has 2 heterocycles. The Bertz CT molecular complexity index is 766. The molecule has 0 saturated heterocycles. The van der Waals surface area contributed by atoms with Crippen molar-refractivity contribution in [2.45, 2.75) is 6.42 Å². The molecule has 0 fully saturated rings. The maximum absolute atomic E-state index is 10.3. The summed E-state index contributed by atoms with van der Waals surface area (Å²) in [4.78, 5) is 16.4. The van der Waals surface area contributed by atoms with E-state index < -0.39 is 18.7 Å². The molecule has 23 heavy (non-hydrogen) atoms. The predicted octanol–water partition coefficient (Wildman–Crippen LogP) is 2.59. The SMILES string of the molecule is Cl.NCCc1c[nH]c2ccc(O)cc12.O=[C](O)[Ge]1=[CH]C=CC=[CH]1. The Hall–Kier alpha value is -1.83. The van der Waals surface area contributed by atoms with Crippen molar-refractivity contribution >= 4 is 46.9 Å². The molecular weight excluding hydrogens is 376 g/mol. The topological polar surface area (TPSA) is 99.3 Å². The summed E-state index contributed by atoms with van der Waals surface area (Å²) in [6.45, 7) is 0.628. The van der Waals surface area contributed by atoms with Crippen molar-refractivity contribution in [1.82, 2.24) is 4.98 Å². The van der Waals surface area contributed by atoms with Gasteiger partial charge in [0.15, 0.2) is 0 Å². The quantitative estimate of drug-likeness (QED) is 0.601. The molecule has 0 unspecified atom stereocenters. The van der Waals surface area contributed by atoms with E-state index in [9.17, 15) is 9.90 Å². The summed E-state index contributed by atoms with van der Waals surface area (Å²) in [5.74, 6) is 0.297. The normalized spacial score (nSPS) is 12.1. The van der Waals surface area contributed by atoms with Crippen LogP contribution in [0.1, 0.15) is 5.56 Å². The molecule has 1 aliphatic rings. The first-order chi connectivity index (χ1) is 10.6. The van der Waals surface area contributed by atoms with Gasteiger partial charge in [0.25, 0.3) is 0 Å². The van der Waals surface area contributed by atoms with Gasteiger partial charge in [-0.3, -0.25) is 0 Å². The number of benzene rings is 1. The summed E-state index contributed by atoms with van der Waals surface area (Å²) in [7, 11) is 0. The number of nitrogens with two attached hydrogens (primary N) is 1. The molecule has 5 nitrogen and oxygen atoms in total. The van der Waals surface area contributed by atoms with Gasteiger partial charge in [-0.1, -0.05) is 0 Å². The van der Waals surface area contributed by atoms with E-state index in [1.165, 1.54) is 0 Å². The Morgan fingerprint density at radius 1 is 1.26 bits per heavy atom. The van der Waals surface area contributed by atoms with Crippen molar-refractivity contribution in [3.63, 3.8) is 0 Å². The Morgan fingerprint density at radius 3 is 2.61 bits per heavy atom. The number of carboxylic acid groups (broad SMARTS) is 1. The Kier molecular flexibility index (Phi) is 7.81. The van der Waals surface area contributed by atoms with Crippen LogP contribution in [-0.2, 0) is 6.42 Å². The number of H-pyrrole nitrogens is 1. The van der Waals surface area contributed by atoms with Crippen LogP contribution in [0.25, 0.3) is 10.9 Å². The third-order valence-electron chi connectivity index (χ3n) is 3.19. The van der Waals surface area contributed by atoms with Gasteiger partial charge < -0.3 is 15.8 Å². The van der Waals surface area contributed by atoms with E-state index in [-0.39, 0.29) is 12.4 Å². The average Bonchev–Trinajstić information content (AvgIpc) is 2.92. The van der Waals surface area contributed by atoms with Crippen LogP contribution in [0.4, 0.5) is 4.79 Å². The van der Waals surface area contributed by atoms with E-state index in [1.807, 2.05) is 40.3 Å². The summed E-state index contributed by atoms with van der Waals surface area (Å²) in [6.07, 6.45) is 8.24. The number of rotatable bonds is 3. The number of phenols is 1. The van der Waals surface area contributed by atoms with Crippen LogP contribution in [-0.4, -0.2) is 45.3 Å². The van der Waals surface area contributed by atoms with E-state index >= 15 is 0 Å². The van der Waals surface area contributed by atoms with E-state index in [2.05, 4.69) is 4.98 Å². The van der Waals surface area contributed by atoms with Crippen LogP contribution in [0.3, 0.4) is 0 Å². The Balaban J connectivity index is 0.000000235. The molecular formula is C16H19ClGeN2O3. The van der Waals surface area contributed by atoms with Crippen LogP contribution in [0.5, 0.6) is 5.75 Å². The van der Waals surface area contributed by atoms with Gasteiger partial charge >= 0.3 is 56.6 Å². The van der Waals surface area contributed by atoms with Crippen molar-refractivity contribution in [3.05, 3.63) is 53.1 Å². The van der Waals surface area contributed by atoms with Gasteiger partial charge in [-0.25, -0.2) is 0 Å². The second-order valence-corrected chi connectivity index (χ2v) is 8.96. The zero-order chi connectivity index (χ0) is 15.9. The van der Waals surface area contributed by atoms with Crippen molar-refractivity contribution in [1.29, 1.82) is 0 Å². The predicted molar refractivity (Wildman–Crippen MR) is 98.1 cm³/mol.